The Labute approximate surface area is 123 Å². The van der Waals surface area contributed by atoms with Crippen molar-refractivity contribution in [3.05, 3.63) is 60.2 Å². The van der Waals surface area contributed by atoms with Gasteiger partial charge < -0.3 is 10.1 Å². The maximum absolute atomic E-state index is 12.3. The molecule has 0 saturated heterocycles. The van der Waals surface area contributed by atoms with E-state index >= 15 is 0 Å². The molecule has 0 fully saturated rings. The molecule has 4 nitrogen and oxygen atoms in total. The number of carbonyl (C=O) groups excluding carboxylic acids is 2. The van der Waals surface area contributed by atoms with Crippen molar-refractivity contribution in [1.82, 2.24) is 0 Å². The summed E-state index contributed by atoms with van der Waals surface area (Å²) in [6, 6.07) is 16.0. The number of carbonyl (C=O) groups is 2. The Kier molecular flexibility index (Phi) is 4.72. The molecule has 2 rings (SSSR count). The van der Waals surface area contributed by atoms with E-state index < -0.39 is 6.10 Å². The van der Waals surface area contributed by atoms with Crippen molar-refractivity contribution in [2.45, 2.75) is 20.0 Å². The lowest BCUT2D eigenvalue weighted by Gasteiger charge is -2.16. The van der Waals surface area contributed by atoms with Crippen LogP contribution < -0.4 is 10.1 Å². The van der Waals surface area contributed by atoms with Crippen molar-refractivity contribution in [2.75, 3.05) is 5.32 Å². The second kappa shape index (κ2) is 6.70. The molecule has 1 atom stereocenters. The fourth-order valence-corrected chi connectivity index (χ4v) is 1.94. The summed E-state index contributed by atoms with van der Waals surface area (Å²) >= 11 is 0. The molecule has 0 aliphatic carbocycles. The first kappa shape index (κ1) is 14.8. The lowest BCUT2D eigenvalue weighted by molar-refractivity contribution is -0.114. The lowest BCUT2D eigenvalue weighted by Crippen LogP contribution is -2.24. The SMILES string of the molecule is CC(=O)Nc1ccccc1OC(C)C(=O)c1ccccc1. The summed E-state index contributed by atoms with van der Waals surface area (Å²) in [6.45, 7) is 3.12. The third-order valence-corrected chi connectivity index (χ3v) is 2.93. The van der Waals surface area contributed by atoms with Crippen LogP contribution >= 0.6 is 0 Å². The van der Waals surface area contributed by atoms with Gasteiger partial charge in [-0.2, -0.15) is 0 Å². The summed E-state index contributed by atoms with van der Waals surface area (Å²) < 4.78 is 5.70. The van der Waals surface area contributed by atoms with Crippen LogP contribution in [0.15, 0.2) is 54.6 Å². The number of para-hydroxylation sites is 2. The quantitative estimate of drug-likeness (QED) is 0.857. The Hall–Kier alpha value is -2.62. The second-order valence-corrected chi connectivity index (χ2v) is 4.67. The predicted molar refractivity (Wildman–Crippen MR) is 81.6 cm³/mol. The Balaban J connectivity index is 2.14. The van der Waals surface area contributed by atoms with Gasteiger partial charge in [-0.05, 0) is 19.1 Å². The molecule has 0 heterocycles. The maximum Gasteiger partial charge on any atom is 0.221 e. The maximum atomic E-state index is 12.3. The van der Waals surface area contributed by atoms with E-state index in [1.54, 1.807) is 43.3 Å². The molecule has 2 aromatic rings. The number of hydrogen-bond donors (Lipinski definition) is 1. The first-order chi connectivity index (χ1) is 10.1. The zero-order chi connectivity index (χ0) is 15.2. The highest BCUT2D eigenvalue weighted by Crippen LogP contribution is 2.25. The molecule has 21 heavy (non-hydrogen) atoms. The average molecular weight is 283 g/mol. The Morgan fingerprint density at radius 1 is 1.00 bits per heavy atom. The van der Waals surface area contributed by atoms with Gasteiger partial charge in [-0.25, -0.2) is 0 Å². The zero-order valence-corrected chi connectivity index (χ0v) is 12.0. The molecule has 1 unspecified atom stereocenters. The van der Waals surface area contributed by atoms with Gasteiger partial charge in [0.05, 0.1) is 5.69 Å². The van der Waals surface area contributed by atoms with Crippen LogP contribution in [0.4, 0.5) is 5.69 Å². The molecule has 0 saturated carbocycles. The highest BCUT2D eigenvalue weighted by atomic mass is 16.5. The number of amides is 1. The van der Waals surface area contributed by atoms with Crippen molar-refractivity contribution in [3.63, 3.8) is 0 Å². The fourth-order valence-electron chi connectivity index (χ4n) is 1.94. The predicted octanol–water partition coefficient (Wildman–Crippen LogP) is 3.30. The smallest absolute Gasteiger partial charge is 0.221 e. The second-order valence-electron chi connectivity index (χ2n) is 4.67. The molecule has 0 aliphatic rings. The number of Topliss-reactive ketones (excluding diaryl/α,β-unsaturated/α-hetero) is 1. The molecule has 2 aromatic carbocycles. The highest BCUT2D eigenvalue weighted by molar-refractivity contribution is 5.99. The van der Waals surface area contributed by atoms with Crippen LogP contribution in [-0.4, -0.2) is 17.8 Å². The summed E-state index contributed by atoms with van der Waals surface area (Å²) in [5.74, 6) is 0.186. The standard InChI is InChI=1S/C17H17NO3/c1-12(17(20)14-8-4-3-5-9-14)21-16-11-7-6-10-15(16)18-13(2)19/h3-12H,1-2H3,(H,18,19). The first-order valence-corrected chi connectivity index (χ1v) is 6.70. The van der Waals surface area contributed by atoms with E-state index in [9.17, 15) is 9.59 Å². The number of ether oxygens (including phenoxy) is 1. The van der Waals surface area contributed by atoms with Gasteiger partial charge in [-0.1, -0.05) is 42.5 Å². The summed E-state index contributed by atoms with van der Waals surface area (Å²) in [5, 5.41) is 2.68. The van der Waals surface area contributed by atoms with Gasteiger partial charge in [0.25, 0.3) is 0 Å². The van der Waals surface area contributed by atoms with Crippen molar-refractivity contribution >= 4 is 17.4 Å². The number of rotatable bonds is 5. The topological polar surface area (TPSA) is 55.4 Å². The minimum Gasteiger partial charge on any atom is -0.480 e. The number of ketones is 1. The first-order valence-electron chi connectivity index (χ1n) is 6.70. The van der Waals surface area contributed by atoms with Crippen LogP contribution in [0.5, 0.6) is 5.75 Å². The highest BCUT2D eigenvalue weighted by Gasteiger charge is 2.18. The van der Waals surface area contributed by atoms with Crippen LogP contribution in [0, 0.1) is 0 Å². The Bertz CT molecular complexity index is 637. The van der Waals surface area contributed by atoms with E-state index in [0.29, 0.717) is 17.0 Å². The van der Waals surface area contributed by atoms with Gasteiger partial charge in [-0.15, -0.1) is 0 Å². The molecule has 0 spiro atoms. The minimum absolute atomic E-state index is 0.103. The van der Waals surface area contributed by atoms with E-state index in [2.05, 4.69) is 5.32 Å². The summed E-state index contributed by atoms with van der Waals surface area (Å²) in [5.41, 5.74) is 1.15. The summed E-state index contributed by atoms with van der Waals surface area (Å²) in [6.07, 6.45) is -0.637. The Morgan fingerprint density at radius 3 is 2.29 bits per heavy atom. The lowest BCUT2D eigenvalue weighted by atomic mass is 10.1. The van der Waals surface area contributed by atoms with E-state index in [-0.39, 0.29) is 11.7 Å². The normalized spacial score (nSPS) is 11.5. The molecule has 0 aliphatic heterocycles. The summed E-state index contributed by atoms with van der Waals surface area (Å²) in [7, 11) is 0. The van der Waals surface area contributed by atoms with Crippen molar-refractivity contribution in [1.29, 1.82) is 0 Å². The van der Waals surface area contributed by atoms with Crippen molar-refractivity contribution in [2.24, 2.45) is 0 Å². The van der Waals surface area contributed by atoms with Crippen LogP contribution in [0.3, 0.4) is 0 Å². The minimum atomic E-state index is -0.637. The average Bonchev–Trinajstić information content (AvgIpc) is 2.49. The van der Waals surface area contributed by atoms with E-state index in [0.717, 1.165) is 0 Å². The number of nitrogens with one attached hydrogen (secondary N) is 1. The summed E-state index contributed by atoms with van der Waals surface area (Å²) in [4.78, 5) is 23.4. The zero-order valence-electron chi connectivity index (χ0n) is 12.0. The van der Waals surface area contributed by atoms with Crippen LogP contribution in [0.2, 0.25) is 0 Å². The van der Waals surface area contributed by atoms with Gasteiger partial charge in [0.15, 0.2) is 6.10 Å². The van der Waals surface area contributed by atoms with Crippen LogP contribution in [0.25, 0.3) is 0 Å². The number of benzene rings is 2. The third-order valence-electron chi connectivity index (χ3n) is 2.93. The molecule has 0 aromatic heterocycles. The van der Waals surface area contributed by atoms with Gasteiger partial charge >= 0.3 is 0 Å². The Morgan fingerprint density at radius 2 is 1.62 bits per heavy atom. The van der Waals surface area contributed by atoms with Crippen molar-refractivity contribution in [3.8, 4) is 5.75 Å². The molecular formula is C17H17NO3. The number of anilines is 1. The molecular weight excluding hydrogens is 266 g/mol. The number of hydrogen-bond acceptors (Lipinski definition) is 3. The molecule has 1 N–H and O–H groups in total. The van der Waals surface area contributed by atoms with Gasteiger partial charge in [0.1, 0.15) is 5.75 Å². The molecule has 1 amide bonds. The van der Waals surface area contributed by atoms with Gasteiger partial charge in [0, 0.05) is 12.5 Å². The fraction of sp³-hybridized carbons (Fsp3) is 0.176. The molecule has 0 bridgehead atoms. The van der Waals surface area contributed by atoms with Gasteiger partial charge in [0.2, 0.25) is 11.7 Å². The third kappa shape index (κ3) is 3.92. The van der Waals surface area contributed by atoms with Crippen LogP contribution in [-0.2, 0) is 4.79 Å². The largest absolute Gasteiger partial charge is 0.480 e. The van der Waals surface area contributed by atoms with E-state index in [4.69, 9.17) is 4.74 Å². The monoisotopic (exact) mass is 283 g/mol. The molecule has 0 radical (unpaired) electrons. The van der Waals surface area contributed by atoms with E-state index in [1.165, 1.54) is 6.92 Å². The van der Waals surface area contributed by atoms with Crippen molar-refractivity contribution < 1.29 is 14.3 Å². The molecule has 108 valence electrons. The van der Waals surface area contributed by atoms with E-state index in [1.807, 2.05) is 18.2 Å². The molecule has 4 heteroatoms. The van der Waals surface area contributed by atoms with Crippen LogP contribution in [0.1, 0.15) is 24.2 Å². The van der Waals surface area contributed by atoms with Gasteiger partial charge in [-0.3, -0.25) is 9.59 Å².